The van der Waals surface area contributed by atoms with Crippen molar-refractivity contribution >= 4 is 21.6 Å². The third-order valence-electron chi connectivity index (χ3n) is 6.65. The number of hydrogen-bond acceptors (Lipinski definition) is 7. The minimum absolute atomic E-state index is 0.0531. The van der Waals surface area contributed by atoms with Crippen LogP contribution in [0.4, 0.5) is 23.2 Å². The number of nitrogens with one attached hydrogen (secondary N) is 2. The number of halogens is 4. The van der Waals surface area contributed by atoms with Gasteiger partial charge >= 0.3 is 6.18 Å². The molecule has 1 amide bonds. The monoisotopic (exact) mass is 649 g/mol. The fraction of sp³-hybridized carbons (Fsp3) is 0.241. The third-order valence-corrected chi connectivity index (χ3v) is 8.26. The summed E-state index contributed by atoms with van der Waals surface area (Å²) in [5.41, 5.74) is -1.40. The van der Waals surface area contributed by atoms with E-state index in [-0.39, 0.29) is 40.7 Å². The Bertz CT molecular complexity index is 1860. The molecule has 16 heteroatoms. The van der Waals surface area contributed by atoms with Gasteiger partial charge in [-0.25, -0.2) is 17.5 Å². The maximum atomic E-state index is 14.2. The molecule has 11 nitrogen and oxygen atoms in total. The summed E-state index contributed by atoms with van der Waals surface area (Å²) in [5.74, 6) is -2.06. The first-order chi connectivity index (χ1) is 21.1. The Morgan fingerprint density at radius 3 is 2.47 bits per heavy atom. The Labute approximate surface area is 255 Å². The Kier molecular flexibility index (Phi) is 9.58. The largest absolute Gasteiger partial charge is 0.437 e. The zero-order valence-electron chi connectivity index (χ0n) is 24.1. The van der Waals surface area contributed by atoms with E-state index < -0.39 is 55.0 Å². The average molecular weight is 650 g/mol. The van der Waals surface area contributed by atoms with Gasteiger partial charge in [0.25, 0.3) is 11.6 Å². The Balaban J connectivity index is 1.77. The van der Waals surface area contributed by atoms with E-state index >= 15 is 0 Å². The highest BCUT2D eigenvalue weighted by Gasteiger charge is 2.31. The van der Waals surface area contributed by atoms with Gasteiger partial charge in [-0.1, -0.05) is 25.1 Å². The molecule has 3 aromatic carbocycles. The van der Waals surface area contributed by atoms with E-state index in [4.69, 9.17) is 4.74 Å². The number of amides is 1. The fourth-order valence-corrected chi connectivity index (χ4v) is 5.62. The maximum Gasteiger partial charge on any atom is 0.416 e. The number of nitro benzene ring substituents is 1. The summed E-state index contributed by atoms with van der Waals surface area (Å²) in [6.45, 7) is 4.45. The van der Waals surface area contributed by atoms with Gasteiger partial charge < -0.3 is 10.1 Å². The quantitative estimate of drug-likeness (QED) is 0.114. The molecule has 0 aliphatic carbocycles. The summed E-state index contributed by atoms with van der Waals surface area (Å²) < 4.78 is 89.6. The topological polar surface area (TPSA) is 145 Å². The molecule has 45 heavy (non-hydrogen) atoms. The molecule has 2 N–H and O–H groups in total. The smallest absolute Gasteiger partial charge is 0.416 e. The molecule has 0 fully saturated rings. The molecule has 4 aromatic rings. The second-order valence-electron chi connectivity index (χ2n) is 9.97. The van der Waals surface area contributed by atoms with Crippen molar-refractivity contribution in [2.45, 2.75) is 50.9 Å². The summed E-state index contributed by atoms with van der Waals surface area (Å²) in [4.78, 5) is 23.3. The maximum absolute atomic E-state index is 14.2. The molecule has 0 saturated heterocycles. The number of aromatic nitrogens is 2. The zero-order valence-corrected chi connectivity index (χ0v) is 24.9. The normalized spacial score (nSPS) is 12.5. The standard InChI is InChI=1S/C29H27F4N5O6S/c1-4-17(2)36-45(42,43)25-15-23(38(40)41)11-12-24(25)44-28-18(3)26(35-37(28)22-10-6-9-21(30)14-22)27(39)34-16-19-7-5-8-20(13-19)29(31,32)33/h5-15,17,36H,4,16H2,1-3H3,(H,34,39). The minimum Gasteiger partial charge on any atom is -0.437 e. The van der Waals surface area contributed by atoms with Gasteiger partial charge in [0.05, 0.1) is 16.2 Å². The highest BCUT2D eigenvalue weighted by molar-refractivity contribution is 7.89. The van der Waals surface area contributed by atoms with Crippen LogP contribution in [0.15, 0.2) is 71.6 Å². The zero-order chi connectivity index (χ0) is 33.1. The lowest BCUT2D eigenvalue weighted by Crippen LogP contribution is -2.32. The second-order valence-corrected chi connectivity index (χ2v) is 11.7. The van der Waals surface area contributed by atoms with Crippen LogP contribution in [-0.4, -0.2) is 35.1 Å². The fourth-order valence-electron chi connectivity index (χ4n) is 4.14. The molecular formula is C29H27F4N5O6S. The van der Waals surface area contributed by atoms with E-state index in [0.29, 0.717) is 6.42 Å². The molecule has 1 heterocycles. The van der Waals surface area contributed by atoms with Gasteiger partial charge in [0, 0.05) is 30.3 Å². The van der Waals surface area contributed by atoms with E-state index in [2.05, 4.69) is 15.1 Å². The van der Waals surface area contributed by atoms with Crippen molar-refractivity contribution < 1.29 is 40.4 Å². The van der Waals surface area contributed by atoms with Crippen molar-refractivity contribution in [3.8, 4) is 17.3 Å². The number of ether oxygens (including phenoxy) is 1. The summed E-state index contributed by atoms with van der Waals surface area (Å²) >= 11 is 0. The van der Waals surface area contributed by atoms with E-state index in [9.17, 15) is 40.9 Å². The van der Waals surface area contributed by atoms with Crippen LogP contribution in [-0.2, 0) is 22.7 Å². The molecule has 0 saturated carbocycles. The third kappa shape index (κ3) is 7.64. The van der Waals surface area contributed by atoms with Gasteiger partial charge in [0.2, 0.25) is 15.9 Å². The molecule has 1 aromatic heterocycles. The van der Waals surface area contributed by atoms with Crippen molar-refractivity contribution in [2.24, 2.45) is 0 Å². The first-order valence-electron chi connectivity index (χ1n) is 13.4. The van der Waals surface area contributed by atoms with Crippen molar-refractivity contribution in [2.75, 3.05) is 0 Å². The molecule has 238 valence electrons. The average Bonchev–Trinajstić information content (AvgIpc) is 3.31. The van der Waals surface area contributed by atoms with Gasteiger partial charge in [-0.3, -0.25) is 14.9 Å². The van der Waals surface area contributed by atoms with Crippen molar-refractivity contribution in [3.63, 3.8) is 0 Å². The van der Waals surface area contributed by atoms with Crippen LogP contribution >= 0.6 is 0 Å². The van der Waals surface area contributed by atoms with Crippen LogP contribution in [0.1, 0.15) is 47.4 Å². The SMILES string of the molecule is CCC(C)NS(=O)(=O)c1cc([N+](=O)[O-])ccc1Oc1c(C)c(C(=O)NCc2cccc(C(F)(F)F)c2)nn1-c1cccc(F)c1. The number of non-ortho nitro benzene ring substituents is 1. The first kappa shape index (κ1) is 33.1. The number of carbonyl (C=O) groups excluding carboxylic acids is 1. The molecule has 0 radical (unpaired) electrons. The molecule has 1 atom stereocenters. The lowest BCUT2D eigenvalue weighted by Gasteiger charge is -2.16. The number of rotatable bonds is 11. The number of nitro groups is 1. The van der Waals surface area contributed by atoms with E-state index in [1.165, 1.54) is 31.2 Å². The van der Waals surface area contributed by atoms with Crippen LogP contribution < -0.4 is 14.8 Å². The summed E-state index contributed by atoms with van der Waals surface area (Å²) in [5, 5.41) is 18.2. The lowest BCUT2D eigenvalue weighted by atomic mass is 10.1. The lowest BCUT2D eigenvalue weighted by molar-refractivity contribution is -0.385. The van der Waals surface area contributed by atoms with Gasteiger partial charge in [0.1, 0.15) is 16.5 Å². The van der Waals surface area contributed by atoms with E-state index in [0.717, 1.165) is 47.1 Å². The van der Waals surface area contributed by atoms with Gasteiger partial charge in [-0.05, 0) is 62.2 Å². The molecule has 0 bridgehead atoms. The summed E-state index contributed by atoms with van der Waals surface area (Å²) in [7, 11) is -4.37. The molecule has 1 unspecified atom stereocenters. The minimum atomic E-state index is -4.58. The summed E-state index contributed by atoms with van der Waals surface area (Å²) in [6, 6.07) is 11.8. The van der Waals surface area contributed by atoms with Crippen LogP contribution in [0.2, 0.25) is 0 Å². The van der Waals surface area contributed by atoms with Crippen LogP contribution in [0.25, 0.3) is 5.69 Å². The van der Waals surface area contributed by atoms with Crippen molar-refractivity contribution in [1.29, 1.82) is 0 Å². The number of sulfonamides is 1. The molecule has 0 aliphatic rings. The molecular weight excluding hydrogens is 622 g/mol. The van der Waals surface area contributed by atoms with E-state index in [1.807, 2.05) is 0 Å². The number of carbonyl (C=O) groups is 1. The highest BCUT2D eigenvalue weighted by atomic mass is 32.2. The number of alkyl halides is 3. The number of nitrogens with zero attached hydrogens (tertiary/aromatic N) is 3. The Morgan fingerprint density at radius 1 is 1.11 bits per heavy atom. The molecule has 4 rings (SSSR count). The van der Waals surface area contributed by atoms with Gasteiger partial charge in [-0.15, -0.1) is 0 Å². The Hall–Kier alpha value is -4.83. The van der Waals surface area contributed by atoms with Crippen LogP contribution in [0.3, 0.4) is 0 Å². The molecule has 0 aliphatic heterocycles. The number of benzene rings is 3. The highest BCUT2D eigenvalue weighted by Crippen LogP contribution is 2.36. The predicted octanol–water partition coefficient (Wildman–Crippen LogP) is 6.05. The number of hydrogen-bond donors (Lipinski definition) is 2. The van der Waals surface area contributed by atoms with Gasteiger partial charge in [0.15, 0.2) is 5.69 Å². The Morgan fingerprint density at radius 2 is 1.82 bits per heavy atom. The predicted molar refractivity (Wildman–Crippen MR) is 154 cm³/mol. The first-order valence-corrected chi connectivity index (χ1v) is 14.9. The molecule has 0 spiro atoms. The van der Waals surface area contributed by atoms with Crippen molar-refractivity contribution in [1.82, 2.24) is 19.8 Å². The van der Waals surface area contributed by atoms with Crippen LogP contribution in [0, 0.1) is 22.9 Å². The van der Waals surface area contributed by atoms with Gasteiger partial charge in [-0.2, -0.15) is 23.0 Å². The van der Waals surface area contributed by atoms with Crippen LogP contribution in [0.5, 0.6) is 11.6 Å². The van der Waals surface area contributed by atoms with E-state index in [1.54, 1.807) is 13.8 Å². The summed E-state index contributed by atoms with van der Waals surface area (Å²) in [6.07, 6.45) is -4.17. The second kappa shape index (κ2) is 13.0. The van der Waals surface area contributed by atoms with Crippen molar-refractivity contribution in [3.05, 3.63) is 105 Å².